The lowest BCUT2D eigenvalue weighted by Crippen LogP contribution is -2.45. The van der Waals surface area contributed by atoms with Gasteiger partial charge < -0.3 is 35.5 Å². The van der Waals surface area contributed by atoms with E-state index in [1.165, 1.54) is 55.6 Å². The molecule has 77 heavy (non-hydrogen) atoms. The number of carbonyl (C=O) groups excluding carboxylic acids is 3. The summed E-state index contributed by atoms with van der Waals surface area (Å²) in [6.45, 7) is 13.2. The molecule has 0 spiro atoms. The monoisotopic (exact) mass is 1130 g/mol. The van der Waals surface area contributed by atoms with Crippen molar-refractivity contribution >= 4 is 75.3 Å². The number of thiophene rings is 1. The number of fused-ring (bicyclic) bond motifs is 3. The van der Waals surface area contributed by atoms with Gasteiger partial charge in [-0.1, -0.05) is 85.9 Å². The Morgan fingerprint density at radius 3 is 2.27 bits per heavy atom. The normalized spacial score (nSPS) is 18.9. The molecule has 2 aromatic heterocycles. The highest BCUT2D eigenvalue weighted by atomic mass is 35.5. The van der Waals surface area contributed by atoms with Gasteiger partial charge in [-0.15, -0.1) is 21.5 Å². The maximum Gasteiger partial charge on any atom is 0.251 e. The number of nitrogens with zero attached hydrogens (tertiary/aromatic N) is 5. The zero-order valence-corrected chi connectivity index (χ0v) is 46.5. The topological polar surface area (TPSA) is 194 Å². The van der Waals surface area contributed by atoms with Crippen LogP contribution >= 0.6 is 46.1 Å². The second-order valence-corrected chi connectivity index (χ2v) is 22.5. The Bertz CT molecular complexity index is 3270. The van der Waals surface area contributed by atoms with Crippen LogP contribution in [0.2, 0.25) is 15.1 Å². The van der Waals surface area contributed by atoms with Crippen LogP contribution in [0.4, 0.5) is 14.5 Å². The van der Waals surface area contributed by atoms with Crippen molar-refractivity contribution in [1.82, 2.24) is 30.7 Å². The highest BCUT2D eigenvalue weighted by Gasteiger charge is 2.61. The first-order chi connectivity index (χ1) is 36.8. The highest BCUT2D eigenvalue weighted by molar-refractivity contribution is 7.15. The number of hydrogen-bond acceptors (Lipinski definition) is 12. The van der Waals surface area contributed by atoms with E-state index in [1.54, 1.807) is 11.3 Å². The number of aliphatic imine (C=N–C) groups is 1. The maximum atomic E-state index is 16.2. The molecule has 0 bridgehead atoms. The van der Waals surface area contributed by atoms with Crippen LogP contribution in [0.1, 0.15) is 100 Å². The summed E-state index contributed by atoms with van der Waals surface area (Å²) in [5.41, 5.74) is 1.76. The van der Waals surface area contributed by atoms with Gasteiger partial charge in [0.05, 0.1) is 68.5 Å². The molecule has 15 nitrogen and oxygen atoms in total. The molecule has 5 atom stereocenters. The van der Waals surface area contributed by atoms with Crippen molar-refractivity contribution in [3.05, 3.63) is 155 Å². The summed E-state index contributed by atoms with van der Waals surface area (Å²) in [5.74, 6) is -2.82. The average Bonchev–Trinajstić information content (AvgIpc) is 4.01. The van der Waals surface area contributed by atoms with Crippen molar-refractivity contribution in [3.8, 4) is 16.8 Å². The molecule has 2 aliphatic rings. The van der Waals surface area contributed by atoms with Gasteiger partial charge >= 0.3 is 0 Å². The van der Waals surface area contributed by atoms with Gasteiger partial charge in [-0.2, -0.15) is 5.26 Å². The van der Waals surface area contributed by atoms with E-state index in [2.05, 4.69) is 51.4 Å². The number of aryl methyl sites for hydroxylation is 2. The summed E-state index contributed by atoms with van der Waals surface area (Å²) in [7, 11) is 1.37. The van der Waals surface area contributed by atoms with E-state index < -0.39 is 58.3 Å². The minimum absolute atomic E-state index is 0.0392. The number of nitriles is 1. The maximum absolute atomic E-state index is 16.2. The van der Waals surface area contributed by atoms with Crippen LogP contribution in [0, 0.1) is 49.2 Å². The molecule has 21 heteroatoms. The van der Waals surface area contributed by atoms with E-state index in [0.717, 1.165) is 38.3 Å². The quantitative estimate of drug-likeness (QED) is 0.0567. The number of aromatic nitrogens is 3. The average molecular weight is 1130 g/mol. The van der Waals surface area contributed by atoms with Gasteiger partial charge in [0.25, 0.3) is 5.91 Å². The molecule has 1 saturated heterocycles. The predicted molar refractivity (Wildman–Crippen MR) is 294 cm³/mol. The van der Waals surface area contributed by atoms with Crippen LogP contribution < -0.4 is 26.0 Å². The molecule has 8 rings (SSSR count). The lowest BCUT2D eigenvalue weighted by Gasteiger charge is -2.37. The van der Waals surface area contributed by atoms with E-state index in [9.17, 15) is 19.6 Å². The minimum atomic E-state index is -1.82. The van der Waals surface area contributed by atoms with Crippen LogP contribution in [-0.2, 0) is 24.5 Å². The smallest absolute Gasteiger partial charge is 0.251 e. The number of halogens is 5. The summed E-state index contributed by atoms with van der Waals surface area (Å²) in [4.78, 5) is 47.5. The van der Waals surface area contributed by atoms with Gasteiger partial charge in [0.15, 0.2) is 5.82 Å². The van der Waals surface area contributed by atoms with Crippen molar-refractivity contribution < 1.29 is 37.4 Å². The van der Waals surface area contributed by atoms with E-state index >= 15 is 8.78 Å². The Balaban J connectivity index is 0.829. The van der Waals surface area contributed by atoms with Gasteiger partial charge in [0.1, 0.15) is 39.7 Å². The summed E-state index contributed by atoms with van der Waals surface area (Å²) < 4.78 is 51.3. The summed E-state index contributed by atoms with van der Waals surface area (Å²) in [6, 6.07) is 19.8. The molecule has 2 aliphatic heterocycles. The van der Waals surface area contributed by atoms with Crippen molar-refractivity contribution in [1.29, 1.82) is 5.26 Å². The molecule has 4 heterocycles. The van der Waals surface area contributed by atoms with Crippen molar-refractivity contribution in [2.24, 2.45) is 10.4 Å². The highest BCUT2D eigenvalue weighted by Crippen LogP contribution is 2.53. The number of methoxy groups -OCH3 is 1. The second kappa shape index (κ2) is 24.2. The largest absolute Gasteiger partial charge is 0.495 e. The molecule has 4 aromatic carbocycles. The third-order valence-electron chi connectivity index (χ3n) is 13.7. The van der Waals surface area contributed by atoms with Gasteiger partial charge in [0, 0.05) is 62.2 Å². The van der Waals surface area contributed by atoms with E-state index in [4.69, 9.17) is 54.0 Å². The van der Waals surface area contributed by atoms with E-state index in [0.29, 0.717) is 16.7 Å². The summed E-state index contributed by atoms with van der Waals surface area (Å²) in [5, 5.41) is 33.3. The molecule has 0 radical (unpaired) electrons. The first-order valence-electron chi connectivity index (χ1n) is 24.9. The van der Waals surface area contributed by atoms with Crippen LogP contribution in [0.25, 0.3) is 5.00 Å². The van der Waals surface area contributed by atoms with Crippen molar-refractivity contribution in [2.45, 2.75) is 83.8 Å². The molecule has 0 aliphatic carbocycles. The fourth-order valence-corrected chi connectivity index (χ4v) is 11.7. The lowest BCUT2D eigenvalue weighted by atomic mass is 9.62. The first-order valence-corrected chi connectivity index (χ1v) is 26.8. The zero-order chi connectivity index (χ0) is 55.3. The Kier molecular flexibility index (Phi) is 17.8. The molecule has 3 amide bonds. The van der Waals surface area contributed by atoms with Crippen molar-refractivity contribution in [2.75, 3.05) is 51.9 Å². The Labute approximate surface area is 464 Å². The Hall–Kier alpha value is -6.30. The minimum Gasteiger partial charge on any atom is -0.495 e. The van der Waals surface area contributed by atoms with Crippen molar-refractivity contribution in [3.63, 3.8) is 0 Å². The Morgan fingerprint density at radius 1 is 0.896 bits per heavy atom. The number of carbonyl (C=O) groups is 3. The molecular formula is C56H58Cl3F2N9O6S. The van der Waals surface area contributed by atoms with E-state index in [-0.39, 0.29) is 96.4 Å². The van der Waals surface area contributed by atoms with Gasteiger partial charge in [-0.3, -0.25) is 23.9 Å². The number of nitrogens with one attached hydrogen (secondary N) is 4. The third kappa shape index (κ3) is 12.2. The Morgan fingerprint density at radius 2 is 1.60 bits per heavy atom. The number of ether oxygens (including phenoxy) is 3. The van der Waals surface area contributed by atoms with Crippen LogP contribution in [-0.4, -0.2) is 96.9 Å². The zero-order valence-electron chi connectivity index (χ0n) is 43.5. The molecule has 6 aromatic rings. The second-order valence-electron chi connectivity index (χ2n) is 20.0. The van der Waals surface area contributed by atoms with E-state index in [1.807, 2.05) is 56.5 Å². The SMILES string of the molecule is COc1cc(C(=O)NCCOCCOCCNC(=O)C[C@@H]2N=C(c3ccc(Cl)cc3)c3c(sc(C)c3C)-n3c(C)nnc32)ccc1NC(=O)[C@H]1N[C@H](CC(C)(C)C)[C@@](C#N)(c2ccc(Cl)cc2F)[C@@H]1c1cccc(Cl)c1F. The van der Waals surface area contributed by atoms with Gasteiger partial charge in [0.2, 0.25) is 11.8 Å². The molecular weight excluding hydrogens is 1070 g/mol. The number of amides is 3. The fraction of sp³-hybridized carbons (Fsp3) is 0.375. The standard InChI is InChI=1S/C56H58Cl3F2N9O6S/c1-30-31(2)77-54-46(30)49(33-11-14-35(57)15-12-33)65-42(51-69-68-32(3)70(51)54)27-45(71)63-19-21-75-23-24-76-22-20-64-52(72)34-13-18-41(43(25-34)74-7)66-53(73)50-47(37-9-8-10-39(59)48(37)61)56(29-62,44(67-50)28-55(4,5)6)38-17-16-36(58)26-40(38)60/h8-18,25-26,42,44,47,50,67H,19-24,27-28H2,1-7H3,(H,63,71)(H,64,72)(H,66,73)/t42-,44+,47+,50-,56+/m0/s1. The third-order valence-corrected chi connectivity index (χ3v) is 15.6. The lowest BCUT2D eigenvalue weighted by molar-refractivity contribution is -0.121. The molecule has 0 saturated carbocycles. The van der Waals surface area contributed by atoms with Crippen LogP contribution in [0.15, 0.2) is 83.9 Å². The number of hydrogen-bond donors (Lipinski definition) is 4. The van der Waals surface area contributed by atoms with Gasteiger partial charge in [-0.25, -0.2) is 8.78 Å². The summed E-state index contributed by atoms with van der Waals surface area (Å²) >= 11 is 20.3. The van der Waals surface area contributed by atoms with Gasteiger partial charge in [-0.05, 0) is 92.3 Å². The van der Waals surface area contributed by atoms with Crippen LogP contribution in [0.3, 0.4) is 0 Å². The first kappa shape index (κ1) is 56.9. The molecule has 1 fully saturated rings. The number of anilines is 1. The van der Waals surface area contributed by atoms with Crippen LogP contribution in [0.5, 0.6) is 5.75 Å². The number of benzene rings is 4. The summed E-state index contributed by atoms with van der Waals surface area (Å²) in [6.07, 6.45) is 0.326. The number of rotatable bonds is 19. The molecule has 4 N–H and O–H groups in total. The molecule has 404 valence electrons. The fourth-order valence-electron chi connectivity index (χ4n) is 10.0. The molecule has 0 unspecified atom stereocenters. The predicted octanol–water partition coefficient (Wildman–Crippen LogP) is 10.3.